The summed E-state index contributed by atoms with van der Waals surface area (Å²) >= 11 is 3.46. The summed E-state index contributed by atoms with van der Waals surface area (Å²) < 4.78 is 1.11. The highest BCUT2D eigenvalue weighted by molar-refractivity contribution is 9.10. The van der Waals surface area contributed by atoms with Crippen LogP contribution in [0.3, 0.4) is 0 Å². The van der Waals surface area contributed by atoms with Crippen LogP contribution in [0, 0.1) is 5.41 Å². The van der Waals surface area contributed by atoms with Crippen LogP contribution in [0.5, 0.6) is 0 Å². The van der Waals surface area contributed by atoms with Gasteiger partial charge in [0, 0.05) is 22.0 Å². The molecule has 100 valence electrons. The Labute approximate surface area is 118 Å². The minimum atomic E-state index is -0.169. The summed E-state index contributed by atoms with van der Waals surface area (Å²) in [5, 5.41) is 13.5. The van der Waals surface area contributed by atoms with E-state index in [0.717, 1.165) is 17.3 Å². The second-order valence-electron chi connectivity index (χ2n) is 5.80. The van der Waals surface area contributed by atoms with Crippen molar-refractivity contribution in [1.29, 1.82) is 0 Å². The van der Waals surface area contributed by atoms with Crippen molar-refractivity contribution in [1.82, 2.24) is 5.32 Å². The van der Waals surface area contributed by atoms with Gasteiger partial charge in [0.15, 0.2) is 0 Å². The van der Waals surface area contributed by atoms with Gasteiger partial charge in [-0.15, -0.1) is 0 Å². The van der Waals surface area contributed by atoms with Crippen LogP contribution in [0.15, 0.2) is 28.7 Å². The van der Waals surface area contributed by atoms with Crippen molar-refractivity contribution in [3.8, 4) is 0 Å². The van der Waals surface area contributed by atoms with Crippen molar-refractivity contribution >= 4 is 15.9 Å². The Morgan fingerprint density at radius 3 is 2.44 bits per heavy atom. The van der Waals surface area contributed by atoms with E-state index in [0.29, 0.717) is 12.1 Å². The summed E-state index contributed by atoms with van der Waals surface area (Å²) in [7, 11) is 0. The molecular weight excluding hydrogens is 290 g/mol. The molecule has 1 aromatic carbocycles. The lowest BCUT2D eigenvalue weighted by atomic mass is 9.64. The SMILES string of the molecule is CCC(NC1CC(O)C1(C)C)c1ccc(Br)cc1. The van der Waals surface area contributed by atoms with Gasteiger partial charge in [0.25, 0.3) is 0 Å². The average molecular weight is 312 g/mol. The molecule has 1 saturated carbocycles. The van der Waals surface area contributed by atoms with Crippen LogP contribution in [0.1, 0.15) is 45.2 Å². The zero-order valence-electron chi connectivity index (χ0n) is 11.3. The van der Waals surface area contributed by atoms with E-state index in [1.165, 1.54) is 5.56 Å². The van der Waals surface area contributed by atoms with E-state index in [2.05, 4.69) is 66.3 Å². The fourth-order valence-corrected chi connectivity index (χ4v) is 2.84. The Morgan fingerprint density at radius 2 is 2.00 bits per heavy atom. The average Bonchev–Trinajstić information content (AvgIpc) is 2.35. The summed E-state index contributed by atoms with van der Waals surface area (Å²) in [6.07, 6.45) is 1.75. The topological polar surface area (TPSA) is 32.3 Å². The standard InChI is InChI=1S/C15H22BrNO/c1-4-12(10-5-7-11(16)8-6-10)17-13-9-14(18)15(13,2)3/h5-8,12-14,17-18H,4,9H2,1-3H3. The molecule has 0 aliphatic heterocycles. The maximum atomic E-state index is 9.79. The molecule has 0 radical (unpaired) electrons. The number of rotatable bonds is 4. The zero-order chi connectivity index (χ0) is 13.3. The molecule has 3 unspecified atom stereocenters. The van der Waals surface area contributed by atoms with Crippen LogP contribution in [0.2, 0.25) is 0 Å². The smallest absolute Gasteiger partial charge is 0.0621 e. The molecule has 1 aliphatic carbocycles. The number of benzene rings is 1. The van der Waals surface area contributed by atoms with E-state index >= 15 is 0 Å². The molecule has 3 atom stereocenters. The van der Waals surface area contributed by atoms with Crippen molar-refractivity contribution < 1.29 is 5.11 Å². The van der Waals surface area contributed by atoms with Crippen molar-refractivity contribution in [3.05, 3.63) is 34.3 Å². The lowest BCUT2D eigenvalue weighted by Gasteiger charge is -2.51. The Bertz CT molecular complexity index is 401. The summed E-state index contributed by atoms with van der Waals surface area (Å²) in [6.45, 7) is 6.46. The number of hydrogen-bond acceptors (Lipinski definition) is 2. The Kier molecular flexibility index (Phi) is 4.15. The molecule has 1 aliphatic rings. The molecule has 3 heteroatoms. The second kappa shape index (κ2) is 5.32. The number of aliphatic hydroxyl groups is 1. The van der Waals surface area contributed by atoms with Crippen molar-refractivity contribution in [3.63, 3.8) is 0 Å². The number of aliphatic hydroxyl groups excluding tert-OH is 1. The predicted molar refractivity (Wildman–Crippen MR) is 78.5 cm³/mol. The normalized spacial score (nSPS) is 27.6. The minimum Gasteiger partial charge on any atom is -0.392 e. The van der Waals surface area contributed by atoms with Gasteiger partial charge < -0.3 is 10.4 Å². The monoisotopic (exact) mass is 311 g/mol. The Balaban J connectivity index is 2.04. The lowest BCUT2D eigenvalue weighted by Crippen LogP contribution is -2.60. The first-order chi connectivity index (χ1) is 8.45. The van der Waals surface area contributed by atoms with E-state index < -0.39 is 0 Å². The molecule has 1 fully saturated rings. The second-order valence-corrected chi connectivity index (χ2v) is 6.72. The number of halogens is 1. The third kappa shape index (κ3) is 2.63. The molecule has 0 heterocycles. The largest absolute Gasteiger partial charge is 0.392 e. The number of hydrogen-bond donors (Lipinski definition) is 2. The van der Waals surface area contributed by atoms with Gasteiger partial charge in [-0.2, -0.15) is 0 Å². The third-order valence-electron chi connectivity index (χ3n) is 4.30. The zero-order valence-corrected chi connectivity index (χ0v) is 12.9. The Morgan fingerprint density at radius 1 is 1.39 bits per heavy atom. The maximum Gasteiger partial charge on any atom is 0.0621 e. The van der Waals surface area contributed by atoms with E-state index in [4.69, 9.17) is 0 Å². The molecule has 2 rings (SSSR count). The van der Waals surface area contributed by atoms with Gasteiger partial charge in [0.2, 0.25) is 0 Å². The molecule has 2 nitrogen and oxygen atoms in total. The van der Waals surface area contributed by atoms with Gasteiger partial charge >= 0.3 is 0 Å². The summed E-state index contributed by atoms with van der Waals surface area (Å²) in [5.74, 6) is 0. The molecular formula is C15H22BrNO. The fourth-order valence-electron chi connectivity index (χ4n) is 2.57. The van der Waals surface area contributed by atoms with E-state index in [-0.39, 0.29) is 11.5 Å². The first kappa shape index (κ1) is 14.0. The highest BCUT2D eigenvalue weighted by Gasteiger charge is 2.47. The van der Waals surface area contributed by atoms with Crippen molar-refractivity contribution in [2.24, 2.45) is 5.41 Å². The Hall–Kier alpha value is -0.380. The summed E-state index contributed by atoms with van der Waals surface area (Å²) in [6, 6.07) is 9.26. The lowest BCUT2D eigenvalue weighted by molar-refractivity contribution is -0.0762. The van der Waals surface area contributed by atoms with E-state index in [1.807, 2.05) is 0 Å². The molecule has 0 bridgehead atoms. The molecule has 2 N–H and O–H groups in total. The first-order valence-electron chi connectivity index (χ1n) is 6.64. The molecule has 1 aromatic rings. The van der Waals surface area contributed by atoms with Crippen LogP contribution < -0.4 is 5.32 Å². The quantitative estimate of drug-likeness (QED) is 0.889. The van der Waals surface area contributed by atoms with Crippen molar-refractivity contribution in [2.75, 3.05) is 0 Å². The first-order valence-corrected chi connectivity index (χ1v) is 7.44. The van der Waals surface area contributed by atoms with Gasteiger partial charge in [-0.3, -0.25) is 0 Å². The van der Waals surface area contributed by atoms with Crippen molar-refractivity contribution in [2.45, 2.75) is 51.8 Å². The molecule has 0 spiro atoms. The van der Waals surface area contributed by atoms with Crippen LogP contribution in [0.25, 0.3) is 0 Å². The van der Waals surface area contributed by atoms with Gasteiger partial charge in [0.1, 0.15) is 0 Å². The molecule has 0 saturated heterocycles. The van der Waals surface area contributed by atoms with Gasteiger partial charge in [-0.05, 0) is 30.5 Å². The van der Waals surface area contributed by atoms with Gasteiger partial charge in [-0.1, -0.05) is 48.8 Å². The van der Waals surface area contributed by atoms with Gasteiger partial charge in [-0.25, -0.2) is 0 Å². The van der Waals surface area contributed by atoms with Gasteiger partial charge in [0.05, 0.1) is 6.10 Å². The maximum absolute atomic E-state index is 9.79. The highest BCUT2D eigenvalue weighted by atomic mass is 79.9. The van der Waals surface area contributed by atoms with E-state index in [9.17, 15) is 5.11 Å². The van der Waals surface area contributed by atoms with E-state index in [1.54, 1.807) is 0 Å². The summed E-state index contributed by atoms with van der Waals surface area (Å²) in [5.41, 5.74) is 1.31. The van der Waals surface area contributed by atoms with Crippen LogP contribution in [-0.2, 0) is 0 Å². The summed E-state index contributed by atoms with van der Waals surface area (Å²) in [4.78, 5) is 0. The third-order valence-corrected chi connectivity index (χ3v) is 4.83. The van der Waals surface area contributed by atoms with Crippen LogP contribution in [0.4, 0.5) is 0 Å². The van der Waals surface area contributed by atoms with Crippen LogP contribution >= 0.6 is 15.9 Å². The minimum absolute atomic E-state index is 0.0111. The van der Waals surface area contributed by atoms with Crippen LogP contribution in [-0.4, -0.2) is 17.3 Å². The molecule has 18 heavy (non-hydrogen) atoms. The highest BCUT2D eigenvalue weighted by Crippen LogP contribution is 2.41. The predicted octanol–water partition coefficient (Wildman–Crippen LogP) is 3.65. The number of nitrogens with one attached hydrogen (secondary N) is 1. The molecule has 0 aromatic heterocycles. The fraction of sp³-hybridized carbons (Fsp3) is 0.600. The molecule has 0 amide bonds.